The zero-order valence-electron chi connectivity index (χ0n) is 7.71. The smallest absolute Gasteiger partial charge is 0.0345 e. The minimum atomic E-state index is 1.22. The molecule has 0 heteroatoms. The quantitative estimate of drug-likeness (QED) is 0.472. The van der Waals surface area contributed by atoms with Gasteiger partial charge in [0.25, 0.3) is 0 Å². The molecule has 0 fully saturated rings. The van der Waals surface area contributed by atoms with Gasteiger partial charge in [0, 0.05) is 0 Å². The van der Waals surface area contributed by atoms with Crippen LogP contribution in [0.2, 0.25) is 0 Å². The molecule has 0 bridgehead atoms. The van der Waals surface area contributed by atoms with Gasteiger partial charge < -0.3 is 0 Å². The molecule has 0 aromatic heterocycles. The van der Waals surface area contributed by atoms with Gasteiger partial charge in [0.2, 0.25) is 0 Å². The standard InChI is InChI=1S/C12H18/c1-2-4-6-8-10-12-11-9-7-5-3-1/h1-4,11-12H,5-10H2/b3-1+,4-2?,12-11+. The second-order valence-electron chi connectivity index (χ2n) is 3.19. The molecule has 1 rings (SSSR count). The van der Waals surface area contributed by atoms with Crippen LogP contribution in [0.15, 0.2) is 36.5 Å². The molecule has 0 amide bonds. The van der Waals surface area contributed by atoms with Crippen molar-refractivity contribution in [2.75, 3.05) is 0 Å². The van der Waals surface area contributed by atoms with E-state index in [4.69, 9.17) is 0 Å². The van der Waals surface area contributed by atoms with Crippen molar-refractivity contribution < 1.29 is 0 Å². The van der Waals surface area contributed by atoms with Crippen LogP contribution in [0, 0.1) is 0 Å². The van der Waals surface area contributed by atoms with Gasteiger partial charge in [0.1, 0.15) is 0 Å². The number of hydrogen-bond donors (Lipinski definition) is 0. The summed E-state index contributed by atoms with van der Waals surface area (Å²) in [6.07, 6.45) is 21.0. The minimum absolute atomic E-state index is 1.22. The van der Waals surface area contributed by atoms with Crippen LogP contribution in [0.4, 0.5) is 0 Å². The Hall–Kier alpha value is -0.780. The zero-order chi connectivity index (χ0) is 8.49. The third-order valence-corrected chi connectivity index (χ3v) is 2.03. The Morgan fingerprint density at radius 2 is 0.917 bits per heavy atom. The van der Waals surface area contributed by atoms with Crippen LogP contribution in [0.25, 0.3) is 0 Å². The predicted molar refractivity (Wildman–Crippen MR) is 55.1 cm³/mol. The van der Waals surface area contributed by atoms with Gasteiger partial charge in [-0.1, -0.05) is 36.5 Å². The van der Waals surface area contributed by atoms with Crippen molar-refractivity contribution in [3.8, 4) is 0 Å². The topological polar surface area (TPSA) is 0 Å². The van der Waals surface area contributed by atoms with Gasteiger partial charge in [-0.2, -0.15) is 0 Å². The summed E-state index contributed by atoms with van der Waals surface area (Å²) in [5.41, 5.74) is 0. The highest BCUT2D eigenvalue weighted by molar-refractivity contribution is 5.02. The van der Waals surface area contributed by atoms with E-state index >= 15 is 0 Å². The van der Waals surface area contributed by atoms with Gasteiger partial charge in [-0.05, 0) is 38.5 Å². The van der Waals surface area contributed by atoms with Crippen LogP contribution in [0.1, 0.15) is 38.5 Å². The number of rotatable bonds is 0. The average Bonchev–Trinajstić information content (AvgIpc) is 2.05. The van der Waals surface area contributed by atoms with Crippen molar-refractivity contribution in [1.82, 2.24) is 0 Å². The largest absolute Gasteiger partial charge is 0.0885 e. The van der Waals surface area contributed by atoms with E-state index in [1.807, 2.05) is 0 Å². The summed E-state index contributed by atoms with van der Waals surface area (Å²) in [7, 11) is 0. The monoisotopic (exact) mass is 162 g/mol. The molecule has 0 aliphatic heterocycles. The first-order valence-corrected chi connectivity index (χ1v) is 4.97. The summed E-state index contributed by atoms with van der Waals surface area (Å²) in [6, 6.07) is 0. The van der Waals surface area contributed by atoms with E-state index in [1.54, 1.807) is 0 Å². The van der Waals surface area contributed by atoms with Crippen LogP contribution in [0.3, 0.4) is 0 Å². The van der Waals surface area contributed by atoms with Crippen molar-refractivity contribution in [2.24, 2.45) is 0 Å². The van der Waals surface area contributed by atoms with Crippen molar-refractivity contribution in [3.63, 3.8) is 0 Å². The summed E-state index contributed by atoms with van der Waals surface area (Å²) < 4.78 is 0. The molecule has 0 radical (unpaired) electrons. The highest BCUT2D eigenvalue weighted by atomic mass is 13.9. The lowest BCUT2D eigenvalue weighted by Gasteiger charge is -1.93. The van der Waals surface area contributed by atoms with Crippen molar-refractivity contribution >= 4 is 0 Å². The van der Waals surface area contributed by atoms with Gasteiger partial charge in [-0.25, -0.2) is 0 Å². The van der Waals surface area contributed by atoms with Crippen LogP contribution >= 0.6 is 0 Å². The molecule has 0 nitrogen and oxygen atoms in total. The summed E-state index contributed by atoms with van der Waals surface area (Å²) in [5.74, 6) is 0. The average molecular weight is 162 g/mol. The Morgan fingerprint density at radius 1 is 0.500 bits per heavy atom. The first kappa shape index (κ1) is 9.31. The summed E-state index contributed by atoms with van der Waals surface area (Å²) in [4.78, 5) is 0. The van der Waals surface area contributed by atoms with E-state index in [2.05, 4.69) is 36.5 Å². The van der Waals surface area contributed by atoms with Crippen LogP contribution in [-0.2, 0) is 0 Å². The Labute approximate surface area is 75.7 Å². The third kappa shape index (κ3) is 4.95. The molecule has 0 spiro atoms. The molecular weight excluding hydrogens is 144 g/mol. The maximum absolute atomic E-state index is 2.32. The first-order chi connectivity index (χ1) is 6.00. The normalized spacial score (nSPS) is 25.3. The molecule has 12 heavy (non-hydrogen) atoms. The fourth-order valence-corrected chi connectivity index (χ4v) is 1.29. The molecule has 0 unspecified atom stereocenters. The molecule has 0 aromatic carbocycles. The SMILES string of the molecule is C1=CCCC/C=C/CCC/C=C/1. The lowest BCUT2D eigenvalue weighted by molar-refractivity contribution is 0.838. The van der Waals surface area contributed by atoms with E-state index in [-0.39, 0.29) is 0 Å². The Bertz CT molecular complexity index is 152. The van der Waals surface area contributed by atoms with Crippen LogP contribution < -0.4 is 0 Å². The predicted octanol–water partition coefficient (Wildman–Crippen LogP) is 4.01. The molecule has 0 heterocycles. The van der Waals surface area contributed by atoms with Crippen LogP contribution in [-0.4, -0.2) is 0 Å². The fraction of sp³-hybridized carbons (Fsp3) is 0.500. The zero-order valence-corrected chi connectivity index (χ0v) is 7.71. The van der Waals surface area contributed by atoms with Gasteiger partial charge in [0.05, 0.1) is 0 Å². The highest BCUT2D eigenvalue weighted by Crippen LogP contribution is 2.03. The van der Waals surface area contributed by atoms with Crippen molar-refractivity contribution in [2.45, 2.75) is 38.5 Å². The molecule has 0 N–H and O–H groups in total. The molecule has 0 atom stereocenters. The lowest BCUT2D eigenvalue weighted by Crippen LogP contribution is -1.73. The second-order valence-corrected chi connectivity index (χ2v) is 3.19. The molecule has 0 saturated heterocycles. The third-order valence-electron chi connectivity index (χ3n) is 2.03. The summed E-state index contributed by atoms with van der Waals surface area (Å²) in [6.45, 7) is 0. The summed E-state index contributed by atoms with van der Waals surface area (Å²) >= 11 is 0. The van der Waals surface area contributed by atoms with Gasteiger partial charge in [-0.3, -0.25) is 0 Å². The van der Waals surface area contributed by atoms with E-state index in [0.29, 0.717) is 0 Å². The maximum atomic E-state index is 2.32. The summed E-state index contributed by atoms with van der Waals surface area (Å²) in [5, 5.41) is 0. The van der Waals surface area contributed by atoms with Gasteiger partial charge in [-0.15, -0.1) is 0 Å². The van der Waals surface area contributed by atoms with Gasteiger partial charge in [0.15, 0.2) is 0 Å². The van der Waals surface area contributed by atoms with Crippen LogP contribution in [0.5, 0.6) is 0 Å². The van der Waals surface area contributed by atoms with Crippen molar-refractivity contribution in [1.29, 1.82) is 0 Å². The lowest BCUT2D eigenvalue weighted by atomic mass is 10.1. The number of allylic oxidation sites excluding steroid dienone is 6. The first-order valence-electron chi connectivity index (χ1n) is 4.97. The van der Waals surface area contributed by atoms with E-state index in [1.165, 1.54) is 38.5 Å². The minimum Gasteiger partial charge on any atom is -0.0885 e. The highest BCUT2D eigenvalue weighted by Gasteiger charge is 1.83. The maximum Gasteiger partial charge on any atom is -0.0345 e. The van der Waals surface area contributed by atoms with E-state index in [9.17, 15) is 0 Å². The Morgan fingerprint density at radius 3 is 1.42 bits per heavy atom. The van der Waals surface area contributed by atoms with Crippen molar-refractivity contribution in [3.05, 3.63) is 36.5 Å². The van der Waals surface area contributed by atoms with Gasteiger partial charge >= 0.3 is 0 Å². The second kappa shape index (κ2) is 6.90. The number of hydrogen-bond acceptors (Lipinski definition) is 0. The fourth-order valence-electron chi connectivity index (χ4n) is 1.29. The Kier molecular flexibility index (Phi) is 5.35. The molecule has 0 aromatic rings. The Balaban J connectivity index is 2.30. The van der Waals surface area contributed by atoms with E-state index < -0.39 is 0 Å². The molecule has 1 aliphatic rings. The molecule has 66 valence electrons. The molecule has 1 aliphatic carbocycles. The van der Waals surface area contributed by atoms with E-state index in [0.717, 1.165) is 0 Å². The molecular formula is C12H18. The molecule has 0 saturated carbocycles.